The molecule has 19 heavy (non-hydrogen) atoms. The highest BCUT2D eigenvalue weighted by atomic mass is 16.5. The van der Waals surface area contributed by atoms with Crippen LogP contribution >= 0.6 is 0 Å². The van der Waals surface area contributed by atoms with E-state index in [4.69, 9.17) is 4.74 Å². The second-order valence-corrected chi connectivity index (χ2v) is 5.57. The number of morpholine rings is 1. The van der Waals surface area contributed by atoms with Crippen molar-refractivity contribution in [1.29, 1.82) is 0 Å². The lowest BCUT2D eigenvalue weighted by molar-refractivity contribution is -0.0753. The van der Waals surface area contributed by atoms with Gasteiger partial charge in [0, 0.05) is 12.1 Å². The summed E-state index contributed by atoms with van der Waals surface area (Å²) < 4.78 is 5.83. The Morgan fingerprint density at radius 3 is 2.89 bits per heavy atom. The maximum absolute atomic E-state index is 12.7. The van der Waals surface area contributed by atoms with Gasteiger partial charge in [-0.2, -0.15) is 0 Å². The lowest BCUT2D eigenvalue weighted by atomic mass is 9.89. The Labute approximate surface area is 114 Å². The predicted molar refractivity (Wildman–Crippen MR) is 74.2 cm³/mol. The van der Waals surface area contributed by atoms with Gasteiger partial charge in [-0.3, -0.25) is 4.79 Å². The summed E-state index contributed by atoms with van der Waals surface area (Å²) in [7, 11) is 0. The SMILES string of the molecule is Cc1ccccc1C(=O)N1CCO[C@H]2CCCC[C@H]21. The van der Waals surface area contributed by atoms with Crippen molar-refractivity contribution in [2.24, 2.45) is 0 Å². The van der Waals surface area contributed by atoms with E-state index >= 15 is 0 Å². The Kier molecular flexibility index (Phi) is 3.56. The molecule has 1 heterocycles. The first-order chi connectivity index (χ1) is 9.27. The van der Waals surface area contributed by atoms with Crippen LogP contribution in [0.25, 0.3) is 0 Å². The monoisotopic (exact) mass is 259 g/mol. The highest BCUT2D eigenvalue weighted by Crippen LogP contribution is 2.29. The largest absolute Gasteiger partial charge is 0.374 e. The third-order valence-electron chi connectivity index (χ3n) is 4.37. The number of carbonyl (C=O) groups excluding carboxylic acids is 1. The normalized spacial score (nSPS) is 26.9. The number of aryl methyl sites for hydroxylation is 1. The third kappa shape index (κ3) is 2.39. The molecule has 0 N–H and O–H groups in total. The van der Waals surface area contributed by atoms with Crippen molar-refractivity contribution in [3.8, 4) is 0 Å². The number of amides is 1. The summed E-state index contributed by atoms with van der Waals surface area (Å²) in [5, 5.41) is 0. The van der Waals surface area contributed by atoms with E-state index < -0.39 is 0 Å². The first kappa shape index (κ1) is 12.7. The van der Waals surface area contributed by atoms with E-state index in [0.29, 0.717) is 6.61 Å². The second kappa shape index (κ2) is 5.33. The molecule has 2 atom stereocenters. The highest BCUT2D eigenvalue weighted by Gasteiger charge is 2.37. The summed E-state index contributed by atoms with van der Waals surface area (Å²) in [4.78, 5) is 14.8. The van der Waals surface area contributed by atoms with Gasteiger partial charge in [0.15, 0.2) is 0 Å². The molecule has 1 aliphatic carbocycles. The lowest BCUT2D eigenvalue weighted by Crippen LogP contribution is -2.54. The number of carbonyl (C=O) groups is 1. The topological polar surface area (TPSA) is 29.5 Å². The van der Waals surface area contributed by atoms with Crippen molar-refractivity contribution in [2.45, 2.75) is 44.8 Å². The fraction of sp³-hybridized carbons (Fsp3) is 0.562. The fourth-order valence-corrected chi connectivity index (χ4v) is 3.32. The van der Waals surface area contributed by atoms with E-state index in [0.717, 1.165) is 30.5 Å². The average Bonchev–Trinajstić information content (AvgIpc) is 2.46. The minimum absolute atomic E-state index is 0.179. The van der Waals surface area contributed by atoms with Crippen LogP contribution in [-0.4, -0.2) is 36.1 Å². The Morgan fingerprint density at radius 1 is 1.26 bits per heavy atom. The molecular formula is C16H21NO2. The second-order valence-electron chi connectivity index (χ2n) is 5.57. The summed E-state index contributed by atoms with van der Waals surface area (Å²) in [6.07, 6.45) is 4.88. The summed E-state index contributed by atoms with van der Waals surface area (Å²) in [6, 6.07) is 8.15. The van der Waals surface area contributed by atoms with Crippen LogP contribution in [0.15, 0.2) is 24.3 Å². The van der Waals surface area contributed by atoms with Crippen molar-refractivity contribution >= 4 is 5.91 Å². The van der Waals surface area contributed by atoms with Crippen molar-refractivity contribution in [3.05, 3.63) is 35.4 Å². The predicted octanol–water partition coefficient (Wildman–Crippen LogP) is 2.78. The first-order valence-corrected chi connectivity index (χ1v) is 7.25. The Morgan fingerprint density at radius 2 is 2.05 bits per heavy atom. The van der Waals surface area contributed by atoms with Crippen LogP contribution in [0.3, 0.4) is 0 Å². The molecule has 3 rings (SSSR count). The summed E-state index contributed by atoms with van der Waals surface area (Å²) >= 11 is 0. The zero-order valence-electron chi connectivity index (χ0n) is 11.5. The molecule has 2 fully saturated rings. The molecule has 3 heteroatoms. The quantitative estimate of drug-likeness (QED) is 0.776. The maximum Gasteiger partial charge on any atom is 0.254 e. The van der Waals surface area contributed by atoms with E-state index in [-0.39, 0.29) is 18.1 Å². The Balaban J connectivity index is 1.84. The molecule has 0 radical (unpaired) electrons. The van der Waals surface area contributed by atoms with E-state index in [2.05, 4.69) is 4.90 Å². The minimum atomic E-state index is 0.179. The molecule has 0 bridgehead atoms. The first-order valence-electron chi connectivity index (χ1n) is 7.25. The summed E-state index contributed by atoms with van der Waals surface area (Å²) in [5.74, 6) is 0.179. The molecule has 0 aromatic heterocycles. The molecule has 1 aliphatic heterocycles. The van der Waals surface area contributed by atoms with Crippen LogP contribution in [0.5, 0.6) is 0 Å². The molecular weight excluding hydrogens is 238 g/mol. The molecule has 1 amide bonds. The van der Waals surface area contributed by atoms with Crippen molar-refractivity contribution in [1.82, 2.24) is 4.90 Å². The number of rotatable bonds is 1. The molecule has 1 saturated carbocycles. The van der Waals surface area contributed by atoms with Gasteiger partial charge in [-0.25, -0.2) is 0 Å². The van der Waals surface area contributed by atoms with Gasteiger partial charge in [-0.1, -0.05) is 31.0 Å². The number of hydrogen-bond acceptors (Lipinski definition) is 2. The van der Waals surface area contributed by atoms with Crippen LogP contribution < -0.4 is 0 Å². The van der Waals surface area contributed by atoms with E-state index in [1.54, 1.807) is 0 Å². The lowest BCUT2D eigenvalue weighted by Gasteiger charge is -2.44. The number of ether oxygens (including phenoxy) is 1. The van der Waals surface area contributed by atoms with Gasteiger partial charge in [0.05, 0.1) is 18.8 Å². The molecule has 0 spiro atoms. The van der Waals surface area contributed by atoms with E-state index in [9.17, 15) is 4.79 Å². The molecule has 2 aliphatic rings. The fourth-order valence-electron chi connectivity index (χ4n) is 3.32. The molecule has 102 valence electrons. The van der Waals surface area contributed by atoms with E-state index in [1.807, 2.05) is 31.2 Å². The molecule has 3 nitrogen and oxygen atoms in total. The van der Waals surface area contributed by atoms with E-state index in [1.165, 1.54) is 12.8 Å². The maximum atomic E-state index is 12.7. The standard InChI is InChI=1S/C16H21NO2/c1-12-6-2-3-7-13(12)16(18)17-10-11-19-15-9-5-4-8-14(15)17/h2-3,6-7,14-15H,4-5,8-11H2,1H3/t14-,15+/m1/s1. The molecule has 1 saturated heterocycles. The highest BCUT2D eigenvalue weighted by molar-refractivity contribution is 5.95. The van der Waals surface area contributed by atoms with Crippen LogP contribution in [0.2, 0.25) is 0 Å². The van der Waals surface area contributed by atoms with Gasteiger partial charge in [0.25, 0.3) is 5.91 Å². The minimum Gasteiger partial charge on any atom is -0.374 e. The van der Waals surface area contributed by atoms with Gasteiger partial charge >= 0.3 is 0 Å². The average molecular weight is 259 g/mol. The summed E-state index contributed by atoms with van der Waals surface area (Å²) in [6.45, 7) is 3.42. The van der Waals surface area contributed by atoms with Crippen LogP contribution in [0, 0.1) is 6.92 Å². The third-order valence-corrected chi connectivity index (χ3v) is 4.37. The Hall–Kier alpha value is -1.35. The van der Waals surface area contributed by atoms with Crippen molar-refractivity contribution < 1.29 is 9.53 Å². The van der Waals surface area contributed by atoms with Gasteiger partial charge in [0.1, 0.15) is 0 Å². The van der Waals surface area contributed by atoms with Crippen molar-refractivity contribution in [3.63, 3.8) is 0 Å². The van der Waals surface area contributed by atoms with Crippen LogP contribution in [-0.2, 0) is 4.74 Å². The molecule has 1 aromatic rings. The molecule has 0 unspecified atom stereocenters. The number of hydrogen-bond donors (Lipinski definition) is 0. The smallest absolute Gasteiger partial charge is 0.254 e. The van der Waals surface area contributed by atoms with Gasteiger partial charge < -0.3 is 9.64 Å². The number of benzene rings is 1. The zero-order chi connectivity index (χ0) is 13.2. The van der Waals surface area contributed by atoms with Gasteiger partial charge in [0.2, 0.25) is 0 Å². The van der Waals surface area contributed by atoms with Gasteiger partial charge in [-0.15, -0.1) is 0 Å². The summed E-state index contributed by atoms with van der Waals surface area (Å²) in [5.41, 5.74) is 1.90. The van der Waals surface area contributed by atoms with Gasteiger partial charge in [-0.05, 0) is 31.4 Å². The number of nitrogens with zero attached hydrogens (tertiary/aromatic N) is 1. The zero-order valence-corrected chi connectivity index (χ0v) is 11.5. The van der Waals surface area contributed by atoms with Crippen molar-refractivity contribution in [2.75, 3.05) is 13.2 Å². The van der Waals surface area contributed by atoms with Crippen LogP contribution in [0.4, 0.5) is 0 Å². The number of fused-ring (bicyclic) bond motifs is 1. The Bertz CT molecular complexity index is 470. The van der Waals surface area contributed by atoms with Crippen LogP contribution in [0.1, 0.15) is 41.6 Å². The molecule has 1 aromatic carbocycles.